The lowest BCUT2D eigenvalue weighted by Crippen LogP contribution is -2.40. The van der Waals surface area contributed by atoms with Crippen LogP contribution in [-0.2, 0) is 14.8 Å². The van der Waals surface area contributed by atoms with Gasteiger partial charge in [-0.3, -0.25) is 13.9 Å². The maximum atomic E-state index is 13.6. The van der Waals surface area contributed by atoms with Gasteiger partial charge in [0.15, 0.2) is 0 Å². The maximum absolute atomic E-state index is 13.6. The highest BCUT2D eigenvalue weighted by molar-refractivity contribution is 7.92. The molecule has 0 fully saturated rings. The molecule has 0 unspecified atom stereocenters. The summed E-state index contributed by atoms with van der Waals surface area (Å²) in [5, 5.41) is 7.75. The minimum atomic E-state index is -4.11. The van der Waals surface area contributed by atoms with E-state index in [1.54, 1.807) is 92.7 Å². The summed E-state index contributed by atoms with van der Waals surface area (Å²) in [7, 11) is -4.11. The quantitative estimate of drug-likeness (QED) is 0.172. The molecule has 0 aliphatic heterocycles. The van der Waals surface area contributed by atoms with Crippen molar-refractivity contribution in [1.29, 1.82) is 0 Å². The second kappa shape index (κ2) is 13.0. The zero-order valence-electron chi connectivity index (χ0n) is 22.1. The van der Waals surface area contributed by atoms with Crippen molar-refractivity contribution in [3.63, 3.8) is 0 Å². The van der Waals surface area contributed by atoms with Gasteiger partial charge in [0.1, 0.15) is 6.54 Å². The van der Waals surface area contributed by atoms with E-state index in [1.807, 2.05) is 0 Å². The van der Waals surface area contributed by atoms with Crippen LogP contribution < -0.4 is 15.0 Å². The highest BCUT2D eigenvalue weighted by Crippen LogP contribution is 2.29. The Hall–Kier alpha value is -4.18. The van der Waals surface area contributed by atoms with E-state index in [9.17, 15) is 18.0 Å². The Labute approximate surface area is 248 Å². The molecule has 0 radical (unpaired) electrons. The zero-order valence-corrected chi connectivity index (χ0v) is 24.5. The molecule has 0 saturated carbocycles. The lowest BCUT2D eigenvalue weighted by atomic mass is 10.1. The molecule has 0 bridgehead atoms. The summed E-state index contributed by atoms with van der Waals surface area (Å²) in [6, 6.07) is 26.2. The average molecular weight is 610 g/mol. The summed E-state index contributed by atoms with van der Waals surface area (Å²) in [6.45, 7) is 2.88. The molecule has 0 spiro atoms. The van der Waals surface area contributed by atoms with Crippen LogP contribution in [0.2, 0.25) is 10.0 Å². The molecule has 4 aromatic carbocycles. The van der Waals surface area contributed by atoms with E-state index in [4.69, 9.17) is 23.2 Å². The summed E-state index contributed by atoms with van der Waals surface area (Å²) < 4.78 is 28.1. The van der Waals surface area contributed by atoms with Crippen LogP contribution in [0.4, 0.5) is 11.4 Å². The van der Waals surface area contributed by atoms with Gasteiger partial charge >= 0.3 is 0 Å². The highest BCUT2D eigenvalue weighted by atomic mass is 35.5. The van der Waals surface area contributed by atoms with Crippen LogP contribution in [0.15, 0.2) is 107 Å². The van der Waals surface area contributed by atoms with Gasteiger partial charge in [-0.1, -0.05) is 65.7 Å². The maximum Gasteiger partial charge on any atom is 0.264 e. The predicted octanol–water partition coefficient (Wildman–Crippen LogP) is 6.29. The fraction of sp³-hybridized carbons (Fsp3) is 0.100. The summed E-state index contributed by atoms with van der Waals surface area (Å²) >= 11 is 12.2. The van der Waals surface area contributed by atoms with Gasteiger partial charge in [-0.15, -0.1) is 0 Å². The molecule has 0 saturated heterocycles. The molecule has 0 aliphatic carbocycles. The Bertz CT molecular complexity index is 1730. The third kappa shape index (κ3) is 7.52. The monoisotopic (exact) mass is 608 g/mol. The molecule has 2 amide bonds. The van der Waals surface area contributed by atoms with Crippen molar-refractivity contribution in [3.8, 4) is 0 Å². The van der Waals surface area contributed by atoms with E-state index >= 15 is 0 Å². The molecule has 0 heterocycles. The van der Waals surface area contributed by atoms with Crippen molar-refractivity contribution in [3.05, 3.63) is 124 Å². The number of rotatable bonds is 9. The second-order valence-electron chi connectivity index (χ2n) is 9.03. The van der Waals surface area contributed by atoms with Crippen LogP contribution in [-0.4, -0.2) is 32.5 Å². The van der Waals surface area contributed by atoms with Crippen LogP contribution in [0, 0.1) is 6.92 Å². The molecular weight excluding hydrogens is 583 g/mol. The van der Waals surface area contributed by atoms with Crippen molar-refractivity contribution in [1.82, 2.24) is 5.43 Å². The first-order valence-corrected chi connectivity index (χ1v) is 14.6. The third-order valence-electron chi connectivity index (χ3n) is 6.03. The fourth-order valence-electron chi connectivity index (χ4n) is 3.90. The number of carbonyl (C=O) groups excluding carboxylic acids is 2. The summed E-state index contributed by atoms with van der Waals surface area (Å²) in [5.74, 6) is -0.989. The van der Waals surface area contributed by atoms with Crippen molar-refractivity contribution in [2.75, 3.05) is 16.2 Å². The van der Waals surface area contributed by atoms with Gasteiger partial charge in [-0.2, -0.15) is 5.10 Å². The van der Waals surface area contributed by atoms with Gasteiger partial charge in [-0.25, -0.2) is 13.8 Å². The molecule has 2 N–H and O–H groups in total. The molecule has 4 rings (SSSR count). The third-order valence-corrected chi connectivity index (χ3v) is 8.28. The predicted molar refractivity (Wildman–Crippen MR) is 163 cm³/mol. The first-order valence-electron chi connectivity index (χ1n) is 12.4. The molecule has 41 heavy (non-hydrogen) atoms. The van der Waals surface area contributed by atoms with E-state index in [0.717, 1.165) is 4.31 Å². The van der Waals surface area contributed by atoms with Gasteiger partial charge in [0.2, 0.25) is 0 Å². The molecule has 11 heteroatoms. The van der Waals surface area contributed by atoms with Crippen molar-refractivity contribution >= 4 is 62.1 Å². The molecular formula is C30H26Cl2N4O4S. The molecule has 8 nitrogen and oxygen atoms in total. The first kappa shape index (κ1) is 29.8. The fourth-order valence-corrected chi connectivity index (χ4v) is 5.76. The Kier molecular flexibility index (Phi) is 9.44. The van der Waals surface area contributed by atoms with E-state index in [-0.39, 0.29) is 16.5 Å². The largest absolute Gasteiger partial charge is 0.322 e. The smallest absolute Gasteiger partial charge is 0.264 e. The number of nitrogens with one attached hydrogen (secondary N) is 2. The van der Waals surface area contributed by atoms with Crippen LogP contribution in [0.3, 0.4) is 0 Å². The number of hydrogen-bond acceptors (Lipinski definition) is 5. The van der Waals surface area contributed by atoms with Gasteiger partial charge in [0.25, 0.3) is 21.8 Å². The van der Waals surface area contributed by atoms with Gasteiger partial charge in [0.05, 0.1) is 16.3 Å². The lowest BCUT2D eigenvalue weighted by Gasteiger charge is -2.25. The van der Waals surface area contributed by atoms with E-state index < -0.39 is 22.5 Å². The van der Waals surface area contributed by atoms with Crippen LogP contribution in [0.1, 0.15) is 28.4 Å². The van der Waals surface area contributed by atoms with Crippen LogP contribution >= 0.6 is 23.2 Å². The Morgan fingerprint density at radius 3 is 2.24 bits per heavy atom. The van der Waals surface area contributed by atoms with Crippen LogP contribution in [0.25, 0.3) is 0 Å². The molecule has 210 valence electrons. The first-order chi connectivity index (χ1) is 19.5. The molecule has 0 aromatic heterocycles. The lowest BCUT2D eigenvalue weighted by molar-refractivity contribution is -0.119. The van der Waals surface area contributed by atoms with E-state index in [1.165, 1.54) is 18.2 Å². The topological polar surface area (TPSA) is 108 Å². The normalized spacial score (nSPS) is 11.6. The Morgan fingerprint density at radius 2 is 1.51 bits per heavy atom. The average Bonchev–Trinajstić information content (AvgIpc) is 2.96. The molecule has 0 aliphatic rings. The SMILES string of the molecule is C/C(=N/NC(=O)CN(c1cc(Cl)ccc1C)S(=O)(=O)c1ccccc1)c1cccc(NC(=O)c2cccc(Cl)c2)c1. The molecule has 0 atom stereocenters. The highest BCUT2D eigenvalue weighted by Gasteiger charge is 2.28. The molecule has 4 aromatic rings. The number of hydrazone groups is 1. The number of halogens is 2. The van der Waals surface area contributed by atoms with Crippen molar-refractivity contribution in [2.45, 2.75) is 18.7 Å². The standard InChI is InChI=1S/C30H26Cl2N4O4S/c1-20-14-15-25(32)18-28(20)36(41(39,40)27-12-4-3-5-13-27)19-29(37)35-34-21(2)22-8-7-11-26(17-22)33-30(38)23-9-6-10-24(31)16-23/h3-18H,19H2,1-2H3,(H,33,38)(H,35,37)/b34-21-. The van der Waals surface area contributed by atoms with Gasteiger partial charge in [-0.05, 0) is 79.6 Å². The van der Waals surface area contributed by atoms with Crippen molar-refractivity contribution in [2.24, 2.45) is 5.10 Å². The summed E-state index contributed by atoms with van der Waals surface area (Å²) in [5.41, 5.74) is 5.34. The Morgan fingerprint density at radius 1 is 0.829 bits per heavy atom. The number of nitrogens with zero attached hydrogens (tertiary/aromatic N) is 2. The number of hydrogen-bond donors (Lipinski definition) is 2. The number of anilines is 2. The number of carbonyl (C=O) groups is 2. The van der Waals surface area contributed by atoms with Crippen molar-refractivity contribution < 1.29 is 18.0 Å². The van der Waals surface area contributed by atoms with E-state index in [2.05, 4.69) is 15.8 Å². The van der Waals surface area contributed by atoms with Crippen LogP contribution in [0.5, 0.6) is 0 Å². The van der Waals surface area contributed by atoms with Gasteiger partial charge < -0.3 is 5.32 Å². The minimum Gasteiger partial charge on any atom is -0.322 e. The van der Waals surface area contributed by atoms with Gasteiger partial charge in [0, 0.05) is 21.3 Å². The number of benzene rings is 4. The minimum absolute atomic E-state index is 0.0310. The summed E-state index contributed by atoms with van der Waals surface area (Å²) in [4.78, 5) is 25.6. The second-order valence-corrected chi connectivity index (χ2v) is 11.8. The Balaban J connectivity index is 1.52. The zero-order chi connectivity index (χ0) is 29.6. The number of aryl methyl sites for hydroxylation is 1. The number of amides is 2. The van der Waals surface area contributed by atoms with E-state index in [0.29, 0.717) is 38.1 Å². The number of sulfonamides is 1. The summed E-state index contributed by atoms with van der Waals surface area (Å²) in [6.07, 6.45) is 0.